The first-order valence-electron chi connectivity index (χ1n) is 8.86. The van der Waals surface area contributed by atoms with Gasteiger partial charge in [-0.15, -0.1) is 0 Å². The number of aliphatic hydroxyl groups is 1. The molecule has 0 aliphatic heterocycles. The van der Waals surface area contributed by atoms with E-state index in [1.165, 1.54) is 30.4 Å². The van der Waals surface area contributed by atoms with Crippen molar-refractivity contribution in [3.8, 4) is 0 Å². The number of allylic oxidation sites excluding steroid dienone is 4. The molecular formula is C20H34O. The predicted molar refractivity (Wildman–Crippen MR) is 91.1 cm³/mol. The molecule has 0 aromatic heterocycles. The van der Waals surface area contributed by atoms with Gasteiger partial charge in [-0.3, -0.25) is 0 Å². The third-order valence-corrected chi connectivity index (χ3v) is 5.96. The first kappa shape index (κ1) is 16.8. The van der Waals surface area contributed by atoms with E-state index in [9.17, 15) is 5.11 Å². The molecule has 1 heteroatoms. The summed E-state index contributed by atoms with van der Waals surface area (Å²) < 4.78 is 0. The Balaban J connectivity index is 2.35. The predicted octanol–water partition coefficient (Wildman–Crippen LogP) is 5.50. The van der Waals surface area contributed by atoms with Gasteiger partial charge < -0.3 is 5.11 Å². The fourth-order valence-electron chi connectivity index (χ4n) is 4.51. The minimum atomic E-state index is -0.494. The average Bonchev–Trinajstić information content (AvgIpc) is 2.36. The van der Waals surface area contributed by atoms with Crippen LogP contribution in [0.5, 0.6) is 0 Å². The van der Waals surface area contributed by atoms with Crippen molar-refractivity contribution in [2.45, 2.75) is 78.7 Å². The summed E-state index contributed by atoms with van der Waals surface area (Å²) >= 11 is 0. The van der Waals surface area contributed by atoms with Gasteiger partial charge in [0.2, 0.25) is 0 Å². The highest BCUT2D eigenvalue weighted by Gasteiger charge is 2.44. The summed E-state index contributed by atoms with van der Waals surface area (Å²) in [6.45, 7) is 11.3. The molecule has 0 spiro atoms. The fourth-order valence-corrected chi connectivity index (χ4v) is 4.51. The quantitative estimate of drug-likeness (QED) is 0.632. The summed E-state index contributed by atoms with van der Waals surface area (Å²) in [4.78, 5) is 0. The van der Waals surface area contributed by atoms with Crippen LogP contribution in [0.4, 0.5) is 0 Å². The third-order valence-electron chi connectivity index (χ3n) is 5.96. The van der Waals surface area contributed by atoms with Crippen LogP contribution >= 0.6 is 0 Å². The topological polar surface area (TPSA) is 20.2 Å². The van der Waals surface area contributed by atoms with E-state index in [0.29, 0.717) is 17.8 Å². The molecule has 2 aliphatic carbocycles. The van der Waals surface area contributed by atoms with Gasteiger partial charge in [0.05, 0.1) is 5.60 Å². The number of rotatable bonds is 1. The molecule has 4 atom stereocenters. The highest BCUT2D eigenvalue weighted by Crippen LogP contribution is 2.48. The van der Waals surface area contributed by atoms with E-state index in [0.717, 1.165) is 25.2 Å². The summed E-state index contributed by atoms with van der Waals surface area (Å²) in [5, 5.41) is 11.0. The molecule has 2 aliphatic rings. The van der Waals surface area contributed by atoms with E-state index < -0.39 is 5.60 Å². The largest absolute Gasteiger partial charge is 0.390 e. The van der Waals surface area contributed by atoms with Crippen LogP contribution < -0.4 is 0 Å². The van der Waals surface area contributed by atoms with Crippen LogP contribution in [0.1, 0.15) is 73.1 Å². The first-order chi connectivity index (χ1) is 9.81. The minimum absolute atomic E-state index is 0.412. The van der Waals surface area contributed by atoms with E-state index in [-0.39, 0.29) is 0 Å². The van der Waals surface area contributed by atoms with E-state index in [2.05, 4.69) is 46.8 Å². The maximum absolute atomic E-state index is 11.0. The Labute approximate surface area is 131 Å². The lowest BCUT2D eigenvalue weighted by Gasteiger charge is -2.48. The van der Waals surface area contributed by atoms with Crippen molar-refractivity contribution in [3.63, 3.8) is 0 Å². The summed E-state index contributed by atoms with van der Waals surface area (Å²) in [6.07, 6.45) is 11.7. The Hall–Kier alpha value is -0.560. The molecule has 1 saturated carbocycles. The number of fused-ring (bicyclic) bond motifs is 1. The molecule has 21 heavy (non-hydrogen) atoms. The second-order valence-electron chi connectivity index (χ2n) is 8.13. The van der Waals surface area contributed by atoms with Crippen LogP contribution in [0.25, 0.3) is 0 Å². The van der Waals surface area contributed by atoms with Crippen LogP contribution in [-0.2, 0) is 0 Å². The molecule has 0 saturated heterocycles. The van der Waals surface area contributed by atoms with Gasteiger partial charge in [-0.2, -0.15) is 0 Å². The van der Waals surface area contributed by atoms with Crippen LogP contribution in [0.2, 0.25) is 0 Å². The first-order valence-corrected chi connectivity index (χ1v) is 8.86. The lowest BCUT2D eigenvalue weighted by atomic mass is 9.60. The number of hydrogen-bond acceptors (Lipinski definition) is 1. The molecule has 120 valence electrons. The molecule has 1 fully saturated rings. The molecule has 1 nitrogen and oxygen atoms in total. The summed E-state index contributed by atoms with van der Waals surface area (Å²) in [5.74, 6) is 2.40. The van der Waals surface area contributed by atoms with Crippen molar-refractivity contribution in [1.29, 1.82) is 0 Å². The zero-order valence-corrected chi connectivity index (χ0v) is 14.7. The maximum Gasteiger partial charge on any atom is 0.0653 e. The Kier molecular flexibility index (Phi) is 5.35. The Morgan fingerprint density at radius 3 is 2.52 bits per heavy atom. The maximum atomic E-state index is 11.0. The van der Waals surface area contributed by atoms with Gasteiger partial charge in [-0.1, -0.05) is 37.1 Å². The molecule has 0 radical (unpaired) electrons. The lowest BCUT2D eigenvalue weighted by Crippen LogP contribution is -2.47. The zero-order valence-electron chi connectivity index (χ0n) is 14.7. The third kappa shape index (κ3) is 4.00. The molecule has 0 bridgehead atoms. The summed E-state index contributed by atoms with van der Waals surface area (Å²) in [5.41, 5.74) is 2.52. The molecule has 0 aromatic carbocycles. The highest BCUT2D eigenvalue weighted by atomic mass is 16.3. The van der Waals surface area contributed by atoms with Gasteiger partial charge >= 0.3 is 0 Å². The van der Waals surface area contributed by atoms with Gasteiger partial charge in [0.15, 0.2) is 0 Å². The molecule has 1 N–H and O–H groups in total. The minimum Gasteiger partial charge on any atom is -0.390 e. The van der Waals surface area contributed by atoms with Gasteiger partial charge in [0, 0.05) is 0 Å². The van der Waals surface area contributed by atoms with Crippen molar-refractivity contribution in [2.24, 2.45) is 23.7 Å². The summed E-state index contributed by atoms with van der Waals surface area (Å²) in [6, 6.07) is 0. The van der Waals surface area contributed by atoms with Crippen LogP contribution in [0.3, 0.4) is 0 Å². The van der Waals surface area contributed by atoms with Crippen molar-refractivity contribution >= 4 is 0 Å². The highest BCUT2D eigenvalue weighted by molar-refractivity contribution is 5.12. The SMILES string of the molecule is C/C1=C/[C@H]2[C@H](C(C)C)CC[C@](C)(O)[C@H]2CC/C(C)=C/CC1. The van der Waals surface area contributed by atoms with Crippen molar-refractivity contribution in [3.05, 3.63) is 23.3 Å². The number of hydrogen-bond donors (Lipinski definition) is 1. The Morgan fingerprint density at radius 2 is 1.86 bits per heavy atom. The van der Waals surface area contributed by atoms with Gasteiger partial charge in [-0.25, -0.2) is 0 Å². The summed E-state index contributed by atoms with van der Waals surface area (Å²) in [7, 11) is 0. The van der Waals surface area contributed by atoms with Crippen molar-refractivity contribution in [1.82, 2.24) is 0 Å². The molecular weight excluding hydrogens is 256 g/mol. The Bertz CT molecular complexity index is 414. The monoisotopic (exact) mass is 290 g/mol. The van der Waals surface area contributed by atoms with E-state index in [4.69, 9.17) is 0 Å². The zero-order chi connectivity index (χ0) is 15.6. The van der Waals surface area contributed by atoms with Gasteiger partial charge in [-0.05, 0) is 83.0 Å². The smallest absolute Gasteiger partial charge is 0.0653 e. The second kappa shape index (κ2) is 6.69. The molecule has 2 rings (SSSR count). The molecule has 0 unspecified atom stereocenters. The van der Waals surface area contributed by atoms with E-state index in [1.54, 1.807) is 0 Å². The normalized spacial score (nSPS) is 43.5. The average molecular weight is 290 g/mol. The van der Waals surface area contributed by atoms with Crippen molar-refractivity contribution in [2.75, 3.05) is 0 Å². The molecule has 0 amide bonds. The lowest BCUT2D eigenvalue weighted by molar-refractivity contribution is -0.0780. The standard InChI is InChI=1S/C20H34O/c1-14(2)17-11-12-20(5,21)19-10-9-15(3)7-6-8-16(4)13-18(17)19/h7,13-14,17-19,21H,6,8-12H2,1-5H3/b15-7+,16-13-/t17-,18-,19-,20-/m0/s1. The van der Waals surface area contributed by atoms with Crippen LogP contribution in [0, 0.1) is 23.7 Å². The van der Waals surface area contributed by atoms with Gasteiger partial charge in [0.25, 0.3) is 0 Å². The van der Waals surface area contributed by atoms with Crippen LogP contribution in [0.15, 0.2) is 23.3 Å². The molecule has 0 aromatic rings. The van der Waals surface area contributed by atoms with Crippen LogP contribution in [-0.4, -0.2) is 10.7 Å². The Morgan fingerprint density at radius 1 is 1.14 bits per heavy atom. The van der Waals surface area contributed by atoms with E-state index in [1.807, 2.05) is 0 Å². The second-order valence-corrected chi connectivity index (χ2v) is 8.13. The van der Waals surface area contributed by atoms with Crippen molar-refractivity contribution < 1.29 is 5.11 Å². The molecule has 0 heterocycles. The van der Waals surface area contributed by atoms with E-state index >= 15 is 0 Å². The fraction of sp³-hybridized carbons (Fsp3) is 0.800. The van der Waals surface area contributed by atoms with Gasteiger partial charge in [0.1, 0.15) is 0 Å².